The van der Waals surface area contributed by atoms with Crippen molar-refractivity contribution in [3.8, 4) is 22.8 Å². The van der Waals surface area contributed by atoms with Gasteiger partial charge >= 0.3 is 0 Å². The molecule has 0 atom stereocenters. The number of aromatic nitrogens is 1. The molecule has 3 aromatic heterocycles. The molecule has 0 aliphatic heterocycles. The number of aliphatic imine (C=N–C) groups is 1. The lowest BCUT2D eigenvalue weighted by atomic mass is 10.1. The number of anilines is 1. The molecule has 0 saturated heterocycles. The van der Waals surface area contributed by atoms with Crippen molar-refractivity contribution in [2.24, 2.45) is 4.99 Å². The molecular weight excluding hydrogens is 466 g/mol. The van der Waals surface area contributed by atoms with E-state index in [0.717, 1.165) is 11.3 Å². The fraction of sp³-hybridized carbons (Fsp3) is 0.192. The van der Waals surface area contributed by atoms with Gasteiger partial charge in [0.15, 0.2) is 11.2 Å². The van der Waals surface area contributed by atoms with Crippen molar-refractivity contribution >= 4 is 50.3 Å². The molecule has 5 aromatic rings. The predicted octanol–water partition coefficient (Wildman–Crippen LogP) is 5.80. The van der Waals surface area contributed by atoms with E-state index in [1.165, 1.54) is 31.8 Å². The lowest BCUT2D eigenvalue weighted by Crippen LogP contribution is -2.10. The number of rotatable bonds is 6. The van der Waals surface area contributed by atoms with Crippen LogP contribution in [0, 0.1) is 6.92 Å². The van der Waals surface area contributed by atoms with Crippen LogP contribution in [0.15, 0.2) is 60.6 Å². The van der Waals surface area contributed by atoms with Crippen molar-refractivity contribution in [1.82, 2.24) is 4.98 Å². The summed E-state index contributed by atoms with van der Waals surface area (Å²) in [7, 11) is 7.00. The van der Waals surface area contributed by atoms with Crippen LogP contribution < -0.4 is 19.8 Å². The number of hydrogen-bond donors (Lipinski definition) is 0. The van der Waals surface area contributed by atoms with Gasteiger partial charge in [0.1, 0.15) is 16.9 Å². The second-order valence-electron chi connectivity index (χ2n) is 8.06. The third kappa shape index (κ3) is 3.83. The second kappa shape index (κ2) is 8.92. The molecule has 0 saturated carbocycles. The number of hydrogen-bond acceptors (Lipinski definition) is 9. The Morgan fingerprint density at radius 3 is 2.49 bits per heavy atom. The highest BCUT2D eigenvalue weighted by Crippen LogP contribution is 2.43. The number of benzene rings is 2. The molecule has 0 bridgehead atoms. The maximum Gasteiger partial charge on any atom is 0.209 e. The Kier molecular flexibility index (Phi) is 5.78. The molecule has 0 aliphatic rings. The Bertz CT molecular complexity index is 1630. The van der Waals surface area contributed by atoms with Gasteiger partial charge in [-0.25, -0.2) is 9.98 Å². The fourth-order valence-electron chi connectivity index (χ4n) is 4.03. The fourth-order valence-corrected chi connectivity index (χ4v) is 4.68. The van der Waals surface area contributed by atoms with Crippen LogP contribution in [0.4, 0.5) is 10.8 Å². The second-order valence-corrected chi connectivity index (χ2v) is 8.89. The Morgan fingerprint density at radius 2 is 1.80 bits per heavy atom. The van der Waals surface area contributed by atoms with Crippen molar-refractivity contribution in [2.75, 3.05) is 33.2 Å². The summed E-state index contributed by atoms with van der Waals surface area (Å²) >= 11 is 1.35. The molecule has 0 amide bonds. The van der Waals surface area contributed by atoms with Crippen molar-refractivity contribution in [3.05, 3.63) is 63.5 Å². The van der Waals surface area contributed by atoms with E-state index in [1.54, 1.807) is 24.6 Å². The first kappa shape index (κ1) is 22.7. The number of nitrogens with zero attached hydrogens (tertiary/aromatic N) is 3. The van der Waals surface area contributed by atoms with Gasteiger partial charge in [0.2, 0.25) is 16.3 Å². The minimum atomic E-state index is -0.262. The van der Waals surface area contributed by atoms with Gasteiger partial charge in [-0.1, -0.05) is 12.1 Å². The maximum absolute atomic E-state index is 13.7. The summed E-state index contributed by atoms with van der Waals surface area (Å²) in [5.41, 5.74) is 3.37. The number of thiazole rings is 1. The van der Waals surface area contributed by atoms with Gasteiger partial charge in [0.25, 0.3) is 0 Å². The van der Waals surface area contributed by atoms with Gasteiger partial charge < -0.3 is 23.2 Å². The Balaban J connectivity index is 1.59. The zero-order chi connectivity index (χ0) is 24.7. The summed E-state index contributed by atoms with van der Waals surface area (Å²) in [4.78, 5) is 24.8. The molecule has 0 N–H and O–H groups in total. The summed E-state index contributed by atoms with van der Waals surface area (Å²) in [5.74, 6) is 1.12. The first-order valence-corrected chi connectivity index (χ1v) is 11.7. The van der Waals surface area contributed by atoms with Gasteiger partial charge in [0.05, 0.1) is 37.1 Å². The highest BCUT2D eigenvalue weighted by atomic mass is 32.1. The van der Waals surface area contributed by atoms with Gasteiger partial charge in [-0.3, -0.25) is 4.79 Å². The lowest BCUT2D eigenvalue weighted by Gasteiger charge is -2.12. The van der Waals surface area contributed by atoms with E-state index >= 15 is 0 Å². The summed E-state index contributed by atoms with van der Waals surface area (Å²) in [6.45, 7) is 1.73. The predicted molar refractivity (Wildman–Crippen MR) is 139 cm³/mol. The number of aryl methyl sites for hydroxylation is 1. The smallest absolute Gasteiger partial charge is 0.209 e. The van der Waals surface area contributed by atoms with Crippen LogP contribution in [0.2, 0.25) is 0 Å². The maximum atomic E-state index is 13.7. The topological polar surface area (TPSA) is 90.3 Å². The Morgan fingerprint density at radius 1 is 1.06 bits per heavy atom. The molecule has 0 fully saturated rings. The van der Waals surface area contributed by atoms with Crippen LogP contribution in [0.5, 0.6) is 11.5 Å². The quantitative estimate of drug-likeness (QED) is 0.278. The van der Waals surface area contributed by atoms with Gasteiger partial charge in [0, 0.05) is 31.4 Å². The molecule has 35 heavy (non-hydrogen) atoms. The molecule has 178 valence electrons. The van der Waals surface area contributed by atoms with Crippen LogP contribution in [0.1, 0.15) is 11.3 Å². The van der Waals surface area contributed by atoms with E-state index in [9.17, 15) is 4.79 Å². The van der Waals surface area contributed by atoms with Crippen molar-refractivity contribution in [3.63, 3.8) is 0 Å². The first-order valence-electron chi connectivity index (χ1n) is 10.8. The monoisotopic (exact) mass is 489 g/mol. The van der Waals surface area contributed by atoms with E-state index in [2.05, 4.69) is 9.98 Å². The van der Waals surface area contributed by atoms with Crippen molar-refractivity contribution in [1.29, 1.82) is 0 Å². The van der Waals surface area contributed by atoms with Crippen LogP contribution in [0.25, 0.3) is 33.2 Å². The van der Waals surface area contributed by atoms with E-state index in [4.69, 9.17) is 18.3 Å². The van der Waals surface area contributed by atoms with E-state index in [0.29, 0.717) is 44.6 Å². The zero-order valence-electron chi connectivity index (χ0n) is 19.9. The summed E-state index contributed by atoms with van der Waals surface area (Å²) in [5, 5.41) is 3.23. The summed E-state index contributed by atoms with van der Waals surface area (Å²) < 4.78 is 22.8. The molecule has 9 heteroatoms. The van der Waals surface area contributed by atoms with Crippen molar-refractivity contribution in [2.45, 2.75) is 6.92 Å². The molecular formula is C26H23N3O5S. The van der Waals surface area contributed by atoms with E-state index in [-0.39, 0.29) is 16.4 Å². The van der Waals surface area contributed by atoms with Gasteiger partial charge in [-0.2, -0.15) is 0 Å². The van der Waals surface area contributed by atoms with Gasteiger partial charge in [-0.15, -0.1) is 11.3 Å². The summed E-state index contributed by atoms with van der Waals surface area (Å²) in [6, 6.07) is 9.77. The van der Waals surface area contributed by atoms with Crippen molar-refractivity contribution < 1.29 is 18.3 Å². The van der Waals surface area contributed by atoms with Crippen LogP contribution in [-0.2, 0) is 0 Å². The average Bonchev–Trinajstić information content (AvgIpc) is 3.52. The largest absolute Gasteiger partial charge is 0.495 e. The minimum Gasteiger partial charge on any atom is -0.495 e. The molecule has 2 aromatic carbocycles. The third-order valence-electron chi connectivity index (χ3n) is 5.73. The minimum absolute atomic E-state index is 0.262. The normalized spacial score (nSPS) is 11.6. The van der Waals surface area contributed by atoms with Crippen LogP contribution >= 0.6 is 11.3 Å². The molecule has 5 rings (SSSR count). The number of furan rings is 1. The third-order valence-corrected chi connectivity index (χ3v) is 6.48. The number of ether oxygens (including phenoxy) is 2. The molecule has 0 radical (unpaired) electrons. The Labute approximate surface area is 205 Å². The van der Waals surface area contributed by atoms with Crippen LogP contribution in [0.3, 0.4) is 0 Å². The molecule has 0 aliphatic carbocycles. The van der Waals surface area contributed by atoms with E-state index in [1.807, 2.05) is 43.3 Å². The summed E-state index contributed by atoms with van der Waals surface area (Å²) in [6.07, 6.45) is 3.27. The van der Waals surface area contributed by atoms with E-state index < -0.39 is 0 Å². The molecule has 0 spiro atoms. The number of methoxy groups -OCH3 is 2. The molecule has 8 nitrogen and oxygen atoms in total. The molecule has 3 heterocycles. The van der Waals surface area contributed by atoms with Crippen LogP contribution in [-0.4, -0.2) is 39.5 Å². The zero-order valence-corrected chi connectivity index (χ0v) is 20.7. The Hall–Kier alpha value is -4.11. The SMILES string of the molecule is COc1c2occc2c(OC)c2c(=O)c(-c3csc(/N=C/c4ccc(N(C)C)cc4)n3)c(C)oc12. The lowest BCUT2D eigenvalue weighted by molar-refractivity contribution is 0.399. The first-order chi connectivity index (χ1) is 16.9. The average molecular weight is 490 g/mol. The highest BCUT2D eigenvalue weighted by molar-refractivity contribution is 7.13. The molecule has 0 unspecified atom stereocenters. The van der Waals surface area contributed by atoms with Gasteiger partial charge in [-0.05, 0) is 30.7 Å². The highest BCUT2D eigenvalue weighted by Gasteiger charge is 2.26. The number of fused-ring (bicyclic) bond motifs is 2. The standard InChI is InChI=1S/C26H23N3O5S/c1-14-19(18-13-35-26(28-18)27-12-15-6-8-16(9-7-15)29(2)3)21(30)20-22(31-4)17-10-11-33-23(17)25(32-5)24(20)34-14/h6-13H,1-5H3/b27-12+.